The Kier molecular flexibility index (Phi) is 2.48. The van der Waals surface area contributed by atoms with Gasteiger partial charge >= 0.3 is 0 Å². The second-order valence-corrected chi connectivity index (χ2v) is 4.38. The van der Waals surface area contributed by atoms with Gasteiger partial charge in [0.25, 0.3) is 0 Å². The Balaban J connectivity index is 2.30. The van der Waals surface area contributed by atoms with Crippen molar-refractivity contribution in [3.63, 3.8) is 0 Å². The van der Waals surface area contributed by atoms with Crippen molar-refractivity contribution in [2.75, 3.05) is 5.73 Å². The predicted molar refractivity (Wildman–Crippen MR) is 70.6 cm³/mol. The molecule has 0 radical (unpaired) electrons. The van der Waals surface area contributed by atoms with Crippen molar-refractivity contribution >= 4 is 16.7 Å². The van der Waals surface area contributed by atoms with E-state index in [2.05, 4.69) is 9.97 Å². The zero-order chi connectivity index (χ0) is 13.6. The molecule has 3 nitrogen and oxygen atoms in total. The molecule has 0 fully saturated rings. The summed E-state index contributed by atoms with van der Waals surface area (Å²) >= 11 is 0. The van der Waals surface area contributed by atoms with Crippen LogP contribution in [0.5, 0.6) is 0 Å². The van der Waals surface area contributed by atoms with Crippen LogP contribution >= 0.6 is 0 Å². The fraction of sp³-hybridized carbons (Fsp3) is 0.0714. The Morgan fingerprint density at radius 1 is 1.16 bits per heavy atom. The van der Waals surface area contributed by atoms with Crippen LogP contribution in [-0.4, -0.2) is 9.97 Å². The summed E-state index contributed by atoms with van der Waals surface area (Å²) in [6.07, 6.45) is 0. The summed E-state index contributed by atoms with van der Waals surface area (Å²) in [7, 11) is 0. The fourth-order valence-electron chi connectivity index (χ4n) is 2.15. The number of hydrogen-bond donors (Lipinski definition) is 2. The molecule has 0 atom stereocenters. The first-order chi connectivity index (χ1) is 9.08. The van der Waals surface area contributed by atoms with Crippen molar-refractivity contribution in [2.24, 2.45) is 0 Å². The van der Waals surface area contributed by atoms with Gasteiger partial charge in [0.05, 0.1) is 5.52 Å². The summed E-state index contributed by atoms with van der Waals surface area (Å²) in [5.74, 6) is -1.43. The van der Waals surface area contributed by atoms with Gasteiger partial charge < -0.3 is 10.7 Å². The molecule has 3 aromatic rings. The normalized spacial score (nSPS) is 11.1. The van der Waals surface area contributed by atoms with Crippen molar-refractivity contribution < 1.29 is 8.78 Å². The smallest absolute Gasteiger partial charge is 0.186 e. The Bertz CT molecular complexity index is 757. The second-order valence-electron chi connectivity index (χ2n) is 4.38. The standard InChI is InChI=1S/C14H11F2N3/c1-7-3-2-4-9(17)11(7)14-18-10-6-5-8(15)12(16)13(10)19-14/h2-6H,17H2,1H3,(H,18,19). The highest BCUT2D eigenvalue weighted by Crippen LogP contribution is 2.29. The summed E-state index contributed by atoms with van der Waals surface area (Å²) in [5, 5.41) is 0. The van der Waals surface area contributed by atoms with Gasteiger partial charge in [-0.1, -0.05) is 12.1 Å². The largest absolute Gasteiger partial charge is 0.398 e. The van der Waals surface area contributed by atoms with Crippen molar-refractivity contribution in [1.29, 1.82) is 0 Å². The topological polar surface area (TPSA) is 54.7 Å². The number of imidazole rings is 1. The molecule has 0 amide bonds. The van der Waals surface area contributed by atoms with Crippen LogP contribution in [0.3, 0.4) is 0 Å². The number of H-pyrrole nitrogens is 1. The molecule has 1 heterocycles. The van der Waals surface area contributed by atoms with Crippen LogP contribution < -0.4 is 5.73 Å². The van der Waals surface area contributed by atoms with Crippen molar-refractivity contribution in [3.8, 4) is 11.4 Å². The highest BCUT2D eigenvalue weighted by Gasteiger charge is 2.15. The van der Waals surface area contributed by atoms with Gasteiger partial charge in [0.15, 0.2) is 11.6 Å². The fourth-order valence-corrected chi connectivity index (χ4v) is 2.15. The quantitative estimate of drug-likeness (QED) is 0.658. The van der Waals surface area contributed by atoms with Crippen LogP contribution in [0.1, 0.15) is 5.56 Å². The third-order valence-electron chi connectivity index (χ3n) is 3.09. The summed E-state index contributed by atoms with van der Waals surface area (Å²) in [6, 6.07) is 7.99. The number of halogens is 2. The molecule has 0 aliphatic heterocycles. The minimum Gasteiger partial charge on any atom is -0.398 e. The lowest BCUT2D eigenvalue weighted by molar-refractivity contribution is 0.515. The number of benzene rings is 2. The molecular formula is C14H11F2N3. The van der Waals surface area contributed by atoms with E-state index in [0.29, 0.717) is 22.6 Å². The molecule has 96 valence electrons. The number of nitrogen functional groups attached to an aromatic ring is 1. The summed E-state index contributed by atoms with van der Waals surface area (Å²) in [4.78, 5) is 7.08. The number of nitrogens with one attached hydrogen (secondary N) is 1. The van der Waals surface area contributed by atoms with Crippen LogP contribution in [0.25, 0.3) is 22.4 Å². The monoisotopic (exact) mass is 259 g/mol. The first-order valence-corrected chi connectivity index (χ1v) is 5.77. The van der Waals surface area contributed by atoms with Crippen LogP contribution in [0.15, 0.2) is 30.3 Å². The van der Waals surface area contributed by atoms with Gasteiger partial charge in [0.1, 0.15) is 11.3 Å². The van der Waals surface area contributed by atoms with Crippen molar-refractivity contribution in [3.05, 3.63) is 47.5 Å². The Morgan fingerprint density at radius 3 is 2.68 bits per heavy atom. The van der Waals surface area contributed by atoms with E-state index in [4.69, 9.17) is 5.73 Å². The number of aromatic nitrogens is 2. The molecule has 5 heteroatoms. The molecular weight excluding hydrogens is 248 g/mol. The number of nitrogens with zero attached hydrogens (tertiary/aromatic N) is 1. The van der Waals surface area contributed by atoms with Gasteiger partial charge in [-0.25, -0.2) is 13.8 Å². The molecule has 0 bridgehead atoms. The minimum absolute atomic E-state index is 0.0161. The number of aromatic amines is 1. The summed E-state index contributed by atoms with van der Waals surface area (Å²) in [6.45, 7) is 1.88. The molecule has 0 saturated carbocycles. The summed E-state index contributed by atoms with van der Waals surface area (Å²) < 4.78 is 26.8. The lowest BCUT2D eigenvalue weighted by Gasteiger charge is -2.05. The molecule has 3 N–H and O–H groups in total. The minimum atomic E-state index is -0.952. The van der Waals surface area contributed by atoms with Crippen LogP contribution in [0.4, 0.5) is 14.5 Å². The highest BCUT2D eigenvalue weighted by molar-refractivity contribution is 5.84. The molecule has 1 aromatic heterocycles. The van der Waals surface area contributed by atoms with E-state index >= 15 is 0 Å². The van der Waals surface area contributed by atoms with Gasteiger partial charge in [-0.2, -0.15) is 0 Å². The average molecular weight is 259 g/mol. The molecule has 0 unspecified atom stereocenters. The van der Waals surface area contributed by atoms with E-state index in [0.717, 1.165) is 11.6 Å². The molecule has 0 aliphatic rings. The average Bonchev–Trinajstić information content (AvgIpc) is 2.78. The molecule has 0 saturated heterocycles. The maximum Gasteiger partial charge on any atom is 0.186 e. The van der Waals surface area contributed by atoms with E-state index in [1.165, 1.54) is 6.07 Å². The molecule has 2 aromatic carbocycles. The van der Waals surface area contributed by atoms with E-state index in [-0.39, 0.29) is 5.52 Å². The Morgan fingerprint density at radius 2 is 1.95 bits per heavy atom. The first-order valence-electron chi connectivity index (χ1n) is 5.77. The number of rotatable bonds is 1. The number of hydrogen-bond acceptors (Lipinski definition) is 2. The maximum atomic E-state index is 13.6. The van der Waals surface area contributed by atoms with Crippen LogP contribution in [0.2, 0.25) is 0 Å². The molecule has 0 spiro atoms. The first kappa shape index (κ1) is 11.6. The number of anilines is 1. The SMILES string of the molecule is Cc1cccc(N)c1-c1nc2c(F)c(F)ccc2[nH]1. The summed E-state index contributed by atoms with van der Waals surface area (Å²) in [5.41, 5.74) is 8.51. The van der Waals surface area contributed by atoms with E-state index in [1.807, 2.05) is 19.1 Å². The molecule has 3 rings (SSSR count). The van der Waals surface area contributed by atoms with Gasteiger partial charge in [-0.15, -0.1) is 0 Å². The zero-order valence-corrected chi connectivity index (χ0v) is 10.2. The van der Waals surface area contributed by atoms with E-state index < -0.39 is 11.6 Å². The van der Waals surface area contributed by atoms with Crippen molar-refractivity contribution in [1.82, 2.24) is 9.97 Å². The zero-order valence-electron chi connectivity index (χ0n) is 10.2. The lowest BCUT2D eigenvalue weighted by atomic mass is 10.1. The van der Waals surface area contributed by atoms with Gasteiger partial charge in [-0.3, -0.25) is 0 Å². The number of nitrogens with two attached hydrogens (primary N) is 1. The predicted octanol–water partition coefficient (Wildman–Crippen LogP) is 3.40. The van der Waals surface area contributed by atoms with Crippen LogP contribution in [0, 0.1) is 18.6 Å². The van der Waals surface area contributed by atoms with Gasteiger partial charge in [0, 0.05) is 11.3 Å². The van der Waals surface area contributed by atoms with Gasteiger partial charge in [-0.05, 0) is 30.7 Å². The third-order valence-corrected chi connectivity index (χ3v) is 3.09. The van der Waals surface area contributed by atoms with E-state index in [9.17, 15) is 8.78 Å². The maximum absolute atomic E-state index is 13.6. The Hall–Kier alpha value is -2.43. The number of fused-ring (bicyclic) bond motifs is 1. The van der Waals surface area contributed by atoms with Gasteiger partial charge in [0.2, 0.25) is 0 Å². The lowest BCUT2D eigenvalue weighted by Crippen LogP contribution is -1.93. The Labute approximate surface area is 108 Å². The molecule has 0 aliphatic carbocycles. The highest BCUT2D eigenvalue weighted by atomic mass is 19.2. The van der Waals surface area contributed by atoms with Crippen molar-refractivity contribution in [2.45, 2.75) is 6.92 Å². The third kappa shape index (κ3) is 1.74. The van der Waals surface area contributed by atoms with E-state index in [1.54, 1.807) is 6.07 Å². The second kappa shape index (κ2) is 4.05. The number of aryl methyl sites for hydroxylation is 1. The van der Waals surface area contributed by atoms with Crippen LogP contribution in [-0.2, 0) is 0 Å². The molecule has 19 heavy (non-hydrogen) atoms.